The summed E-state index contributed by atoms with van der Waals surface area (Å²) in [5, 5.41) is 5.74. The lowest BCUT2D eigenvalue weighted by Crippen LogP contribution is -2.49. The molecule has 2 aromatic carbocycles. The summed E-state index contributed by atoms with van der Waals surface area (Å²) < 4.78 is 30.5. The molecule has 1 unspecified atom stereocenters. The van der Waals surface area contributed by atoms with Gasteiger partial charge in [0, 0.05) is 52.9 Å². The lowest BCUT2D eigenvalue weighted by molar-refractivity contribution is -0.122. The molecule has 2 aromatic rings. The third-order valence-electron chi connectivity index (χ3n) is 5.47. The molecule has 3 rings (SSSR count). The van der Waals surface area contributed by atoms with Crippen LogP contribution in [0.15, 0.2) is 40.9 Å². The van der Waals surface area contributed by atoms with Crippen molar-refractivity contribution in [3.05, 3.63) is 52.0 Å². The first kappa shape index (κ1) is 27.2. The smallest absolute Gasteiger partial charge is 0.420 e. The number of alkyl halides is 3. The van der Waals surface area contributed by atoms with Crippen LogP contribution in [0, 0.1) is 0 Å². The summed E-state index contributed by atoms with van der Waals surface area (Å²) in [5.74, 6) is -0.564. The number of benzene rings is 2. The minimum atomic E-state index is -3.81. The Labute approximate surface area is 216 Å². The number of rotatable bonds is 9. The Morgan fingerprint density at radius 1 is 1.26 bits per heavy atom. The summed E-state index contributed by atoms with van der Waals surface area (Å²) in [7, 11) is 3.89. The first-order valence-electron chi connectivity index (χ1n) is 11.1. The SMILES string of the molecule is CC(C)N1c2c(Br)cc(C(=O)Nc3ccc(OC(F)(F)Cl)cc3)cc2CC1C(=O)NCCN(C)C. The summed E-state index contributed by atoms with van der Waals surface area (Å²) >= 11 is 8.36. The number of nitrogens with one attached hydrogen (secondary N) is 2. The highest BCUT2D eigenvalue weighted by Gasteiger charge is 2.37. The van der Waals surface area contributed by atoms with Crippen LogP contribution in [0.25, 0.3) is 0 Å². The van der Waals surface area contributed by atoms with Crippen LogP contribution < -0.4 is 20.3 Å². The van der Waals surface area contributed by atoms with E-state index in [4.69, 9.17) is 11.6 Å². The van der Waals surface area contributed by atoms with Gasteiger partial charge in [-0.2, -0.15) is 0 Å². The van der Waals surface area contributed by atoms with Crippen molar-refractivity contribution in [2.75, 3.05) is 37.4 Å². The molecule has 190 valence electrons. The van der Waals surface area contributed by atoms with E-state index >= 15 is 0 Å². The van der Waals surface area contributed by atoms with Gasteiger partial charge in [0.15, 0.2) is 0 Å². The number of hydrogen-bond donors (Lipinski definition) is 2. The molecule has 35 heavy (non-hydrogen) atoms. The number of anilines is 2. The number of nitrogens with zero attached hydrogens (tertiary/aromatic N) is 2. The molecule has 1 heterocycles. The van der Waals surface area contributed by atoms with E-state index < -0.39 is 5.57 Å². The Morgan fingerprint density at radius 2 is 1.91 bits per heavy atom. The Hall–Kier alpha value is -2.43. The van der Waals surface area contributed by atoms with Crippen LogP contribution in [0.2, 0.25) is 0 Å². The molecule has 0 spiro atoms. The molecule has 0 aliphatic carbocycles. The van der Waals surface area contributed by atoms with Gasteiger partial charge < -0.3 is 25.2 Å². The maximum Gasteiger partial charge on any atom is 0.487 e. The highest BCUT2D eigenvalue weighted by atomic mass is 79.9. The van der Waals surface area contributed by atoms with E-state index in [1.807, 2.05) is 32.8 Å². The molecule has 2 amide bonds. The van der Waals surface area contributed by atoms with Gasteiger partial charge in [0.05, 0.1) is 5.69 Å². The average molecular weight is 574 g/mol. The van der Waals surface area contributed by atoms with Crippen LogP contribution in [-0.2, 0) is 11.2 Å². The van der Waals surface area contributed by atoms with E-state index in [1.165, 1.54) is 24.3 Å². The molecule has 2 N–H and O–H groups in total. The van der Waals surface area contributed by atoms with Crippen LogP contribution >= 0.6 is 27.5 Å². The number of carbonyl (C=O) groups excluding carboxylic acids is 2. The van der Waals surface area contributed by atoms with E-state index in [0.29, 0.717) is 28.7 Å². The fourth-order valence-electron chi connectivity index (χ4n) is 4.00. The second-order valence-electron chi connectivity index (χ2n) is 8.81. The van der Waals surface area contributed by atoms with Crippen molar-refractivity contribution in [1.82, 2.24) is 10.2 Å². The quantitative estimate of drug-likeness (QED) is 0.426. The Morgan fingerprint density at radius 3 is 2.49 bits per heavy atom. The number of fused-ring (bicyclic) bond motifs is 1. The first-order valence-corrected chi connectivity index (χ1v) is 12.2. The topological polar surface area (TPSA) is 73.9 Å². The van der Waals surface area contributed by atoms with Gasteiger partial charge >= 0.3 is 5.57 Å². The predicted octanol–water partition coefficient (Wildman–Crippen LogP) is 4.69. The summed E-state index contributed by atoms with van der Waals surface area (Å²) in [5.41, 5.74) is -1.22. The summed E-state index contributed by atoms with van der Waals surface area (Å²) in [6.45, 7) is 5.33. The van der Waals surface area contributed by atoms with Gasteiger partial charge in [-0.3, -0.25) is 9.59 Å². The summed E-state index contributed by atoms with van der Waals surface area (Å²) in [6, 6.07) is 8.62. The van der Waals surface area contributed by atoms with Gasteiger partial charge in [0.1, 0.15) is 11.8 Å². The van der Waals surface area contributed by atoms with Gasteiger partial charge in [-0.25, -0.2) is 0 Å². The molecule has 0 bridgehead atoms. The van der Waals surface area contributed by atoms with E-state index in [0.717, 1.165) is 17.8 Å². The van der Waals surface area contributed by atoms with Gasteiger partial charge in [-0.05, 0) is 85.8 Å². The Kier molecular flexibility index (Phi) is 8.61. The van der Waals surface area contributed by atoms with Gasteiger partial charge in [0.2, 0.25) is 5.91 Å². The molecular weight excluding hydrogens is 546 g/mol. The molecule has 0 radical (unpaired) electrons. The van der Waals surface area contributed by atoms with E-state index in [-0.39, 0.29) is 29.6 Å². The van der Waals surface area contributed by atoms with Crippen LogP contribution in [-0.4, -0.2) is 61.6 Å². The fourth-order valence-corrected chi connectivity index (χ4v) is 4.79. The number of hydrogen-bond acceptors (Lipinski definition) is 5. The monoisotopic (exact) mass is 572 g/mol. The van der Waals surface area contributed by atoms with Crippen molar-refractivity contribution in [3.8, 4) is 5.75 Å². The molecule has 0 fully saturated rings. The van der Waals surface area contributed by atoms with Crippen LogP contribution in [0.5, 0.6) is 5.75 Å². The minimum absolute atomic E-state index is 0.0560. The Balaban J connectivity index is 1.76. The van der Waals surface area contributed by atoms with Crippen LogP contribution in [0.3, 0.4) is 0 Å². The van der Waals surface area contributed by atoms with Crippen molar-refractivity contribution in [2.24, 2.45) is 0 Å². The lowest BCUT2D eigenvalue weighted by Gasteiger charge is -2.31. The fraction of sp³-hybridized carbons (Fsp3) is 0.417. The van der Waals surface area contributed by atoms with Crippen molar-refractivity contribution in [1.29, 1.82) is 0 Å². The maximum atomic E-state index is 13.0. The molecule has 0 aromatic heterocycles. The molecule has 11 heteroatoms. The number of ether oxygens (including phenoxy) is 1. The standard InChI is InChI=1S/C24H28BrClF2N4O3/c1-14(2)32-20(23(34)29-9-10-31(3)4)13-15-11-16(12-19(25)21(15)32)22(33)30-17-5-7-18(8-6-17)35-24(26,27)28/h5-8,11-12,14,20H,9-10,13H2,1-4H3,(H,29,34)(H,30,33). The Bertz CT molecular complexity index is 1080. The van der Waals surface area contributed by atoms with Crippen molar-refractivity contribution < 1.29 is 23.1 Å². The first-order chi connectivity index (χ1) is 16.4. The molecule has 1 aliphatic heterocycles. The summed E-state index contributed by atoms with van der Waals surface area (Å²) in [6.07, 6.45) is 0.472. The van der Waals surface area contributed by atoms with Gasteiger partial charge in [-0.1, -0.05) is 0 Å². The molecule has 7 nitrogen and oxygen atoms in total. The maximum absolute atomic E-state index is 13.0. The highest BCUT2D eigenvalue weighted by Crippen LogP contribution is 2.41. The van der Waals surface area contributed by atoms with E-state index in [2.05, 4.69) is 36.2 Å². The molecule has 1 atom stereocenters. The predicted molar refractivity (Wildman–Crippen MR) is 137 cm³/mol. The minimum Gasteiger partial charge on any atom is -0.420 e. The number of likely N-dealkylation sites (N-methyl/N-ethyl adjacent to an activating group) is 1. The van der Waals surface area contributed by atoms with Crippen molar-refractivity contribution in [2.45, 2.75) is 37.9 Å². The lowest BCUT2D eigenvalue weighted by atomic mass is 10.1. The largest absolute Gasteiger partial charge is 0.487 e. The second kappa shape index (κ2) is 11.1. The van der Waals surface area contributed by atoms with E-state index in [9.17, 15) is 18.4 Å². The van der Waals surface area contributed by atoms with Gasteiger partial charge in [0.25, 0.3) is 5.91 Å². The molecule has 0 saturated carbocycles. The number of carbonyl (C=O) groups is 2. The molecule has 0 saturated heterocycles. The zero-order valence-electron chi connectivity index (χ0n) is 19.9. The zero-order valence-corrected chi connectivity index (χ0v) is 22.2. The second-order valence-corrected chi connectivity index (χ2v) is 10.1. The van der Waals surface area contributed by atoms with Crippen LogP contribution in [0.1, 0.15) is 29.8 Å². The zero-order chi connectivity index (χ0) is 25.9. The summed E-state index contributed by atoms with van der Waals surface area (Å²) in [4.78, 5) is 29.9. The average Bonchev–Trinajstić information content (AvgIpc) is 3.14. The molecular formula is C24H28BrClF2N4O3. The molecule has 1 aliphatic rings. The normalized spacial score (nSPS) is 15.4. The highest BCUT2D eigenvalue weighted by molar-refractivity contribution is 9.10. The third-order valence-corrected chi connectivity index (χ3v) is 6.16. The third kappa shape index (κ3) is 7.05. The van der Waals surface area contributed by atoms with E-state index in [1.54, 1.807) is 12.1 Å². The number of amides is 2. The van der Waals surface area contributed by atoms with Gasteiger partial charge in [-0.15, -0.1) is 8.78 Å². The number of halogens is 4. The van der Waals surface area contributed by atoms with Crippen molar-refractivity contribution in [3.63, 3.8) is 0 Å². The van der Waals surface area contributed by atoms with Crippen LogP contribution in [0.4, 0.5) is 20.2 Å². The van der Waals surface area contributed by atoms with Crippen molar-refractivity contribution >= 4 is 50.7 Å².